The maximum Gasteiger partial charge on any atom is 0.227 e. The Labute approximate surface area is 172 Å². The van der Waals surface area contributed by atoms with Crippen LogP contribution in [0.15, 0.2) is 29.2 Å². The smallest absolute Gasteiger partial charge is 0.227 e. The van der Waals surface area contributed by atoms with Crippen LogP contribution in [0.4, 0.5) is 0 Å². The number of morpholine rings is 1. The maximum absolute atomic E-state index is 13.1. The molecule has 0 unspecified atom stereocenters. The number of benzene rings is 1. The first kappa shape index (κ1) is 21.0. The fraction of sp³-hybridized carbons (Fsp3) is 0.667. The minimum Gasteiger partial charge on any atom is -0.379 e. The normalized spacial score (nSPS) is 22.0. The van der Waals surface area contributed by atoms with Crippen LogP contribution in [0.1, 0.15) is 25.8 Å². The van der Waals surface area contributed by atoms with Gasteiger partial charge < -0.3 is 9.64 Å². The van der Waals surface area contributed by atoms with Crippen molar-refractivity contribution in [1.29, 1.82) is 0 Å². The summed E-state index contributed by atoms with van der Waals surface area (Å²) >= 11 is 3.86. The molecule has 6 heteroatoms. The lowest BCUT2D eigenvalue weighted by Gasteiger charge is -2.35. The van der Waals surface area contributed by atoms with E-state index in [0.717, 1.165) is 62.9 Å². The number of amides is 1. The first-order valence-electron chi connectivity index (χ1n) is 10.0. The zero-order chi connectivity index (χ0) is 19.1. The quantitative estimate of drug-likeness (QED) is 0.674. The Kier molecular flexibility index (Phi) is 8.37. The van der Waals surface area contributed by atoms with Crippen molar-refractivity contribution in [1.82, 2.24) is 9.80 Å². The second kappa shape index (κ2) is 10.7. The average Bonchev–Trinajstić information content (AvgIpc) is 2.89. The fourth-order valence-corrected chi connectivity index (χ4v) is 5.52. The van der Waals surface area contributed by atoms with E-state index in [1.54, 1.807) is 0 Å². The van der Waals surface area contributed by atoms with Crippen LogP contribution in [0, 0.1) is 0 Å². The van der Waals surface area contributed by atoms with Gasteiger partial charge in [0.1, 0.15) is 0 Å². The monoisotopic (exact) mass is 408 g/mol. The molecule has 0 aromatic heterocycles. The standard InChI is InChI=1S/C21H32N2O2S2/c1-17(2)27-20-6-4-18(5-7-20)14-21(24)23-8-3-13-26-16-19(23)15-22-9-11-25-12-10-22/h4-7,17,19H,3,8-16H2,1-2H3/t19-/m0/s1. The van der Waals surface area contributed by atoms with Gasteiger partial charge in [0.05, 0.1) is 25.7 Å². The van der Waals surface area contributed by atoms with Gasteiger partial charge in [0.25, 0.3) is 0 Å². The molecule has 0 N–H and O–H groups in total. The van der Waals surface area contributed by atoms with Crippen molar-refractivity contribution >= 4 is 29.4 Å². The number of thioether (sulfide) groups is 2. The van der Waals surface area contributed by atoms with Crippen LogP contribution in [0.3, 0.4) is 0 Å². The summed E-state index contributed by atoms with van der Waals surface area (Å²) in [6, 6.07) is 8.85. The molecule has 2 saturated heterocycles. The summed E-state index contributed by atoms with van der Waals surface area (Å²) < 4.78 is 5.47. The van der Waals surface area contributed by atoms with E-state index in [1.165, 1.54) is 4.90 Å². The van der Waals surface area contributed by atoms with Crippen molar-refractivity contribution in [3.8, 4) is 0 Å². The van der Waals surface area contributed by atoms with E-state index in [4.69, 9.17) is 4.74 Å². The van der Waals surface area contributed by atoms with Crippen molar-refractivity contribution in [2.75, 3.05) is 50.9 Å². The molecule has 1 amide bonds. The summed E-state index contributed by atoms with van der Waals surface area (Å²) in [5, 5.41) is 0.577. The molecule has 2 fully saturated rings. The van der Waals surface area contributed by atoms with Gasteiger partial charge in [-0.2, -0.15) is 11.8 Å². The molecule has 0 aliphatic carbocycles. The fourth-order valence-electron chi connectivity index (χ4n) is 3.62. The zero-order valence-corrected chi connectivity index (χ0v) is 18.2. The van der Waals surface area contributed by atoms with Crippen LogP contribution in [0.5, 0.6) is 0 Å². The van der Waals surface area contributed by atoms with Gasteiger partial charge in [-0.15, -0.1) is 11.8 Å². The second-order valence-electron chi connectivity index (χ2n) is 7.57. The topological polar surface area (TPSA) is 32.8 Å². The highest BCUT2D eigenvalue weighted by molar-refractivity contribution is 8.00. The van der Waals surface area contributed by atoms with Crippen LogP contribution < -0.4 is 0 Å². The average molecular weight is 409 g/mol. The predicted molar refractivity (Wildman–Crippen MR) is 116 cm³/mol. The number of rotatable bonds is 6. The van der Waals surface area contributed by atoms with Crippen LogP contribution >= 0.6 is 23.5 Å². The highest BCUT2D eigenvalue weighted by atomic mass is 32.2. The van der Waals surface area contributed by atoms with Gasteiger partial charge in [-0.1, -0.05) is 26.0 Å². The van der Waals surface area contributed by atoms with E-state index >= 15 is 0 Å². The SMILES string of the molecule is CC(C)Sc1ccc(CC(=O)N2CCCSC[C@@H]2CN2CCOCC2)cc1. The van der Waals surface area contributed by atoms with Crippen LogP contribution in [-0.2, 0) is 16.0 Å². The molecule has 1 aromatic rings. The summed E-state index contributed by atoms with van der Waals surface area (Å²) in [6.07, 6.45) is 1.61. The second-order valence-corrected chi connectivity index (χ2v) is 10.4. The number of hydrogen-bond acceptors (Lipinski definition) is 5. The Morgan fingerprint density at radius 3 is 2.67 bits per heavy atom. The molecule has 0 spiro atoms. The molecular formula is C21H32N2O2S2. The lowest BCUT2D eigenvalue weighted by molar-refractivity contribution is -0.132. The third-order valence-electron chi connectivity index (χ3n) is 4.98. The summed E-state index contributed by atoms with van der Waals surface area (Å²) in [4.78, 5) is 19.0. The molecule has 1 atom stereocenters. The van der Waals surface area contributed by atoms with E-state index in [-0.39, 0.29) is 5.91 Å². The van der Waals surface area contributed by atoms with E-state index in [2.05, 4.69) is 47.9 Å². The van der Waals surface area contributed by atoms with Crippen molar-refractivity contribution in [3.63, 3.8) is 0 Å². The summed E-state index contributed by atoms with van der Waals surface area (Å²) in [5.74, 6) is 2.48. The van der Waals surface area contributed by atoms with Gasteiger partial charge in [-0.05, 0) is 29.9 Å². The Balaban J connectivity index is 1.60. The predicted octanol–water partition coefficient (Wildman–Crippen LogP) is 3.40. The zero-order valence-electron chi connectivity index (χ0n) is 16.6. The molecule has 0 radical (unpaired) electrons. The Morgan fingerprint density at radius 2 is 1.96 bits per heavy atom. The van der Waals surface area contributed by atoms with Gasteiger partial charge in [0, 0.05) is 42.1 Å². The number of carbonyl (C=O) groups excluding carboxylic acids is 1. The molecule has 3 rings (SSSR count). The van der Waals surface area contributed by atoms with Gasteiger partial charge in [-0.3, -0.25) is 9.69 Å². The van der Waals surface area contributed by atoms with E-state index in [1.807, 2.05) is 23.5 Å². The molecule has 0 bridgehead atoms. The third kappa shape index (κ3) is 6.70. The first-order valence-corrected chi connectivity index (χ1v) is 12.1. The molecule has 2 aliphatic rings. The molecule has 2 heterocycles. The molecule has 150 valence electrons. The van der Waals surface area contributed by atoms with Crippen molar-refractivity contribution in [3.05, 3.63) is 29.8 Å². The first-order chi connectivity index (χ1) is 13.1. The van der Waals surface area contributed by atoms with Crippen molar-refractivity contribution in [2.24, 2.45) is 0 Å². The van der Waals surface area contributed by atoms with E-state index < -0.39 is 0 Å². The molecule has 2 aliphatic heterocycles. The Hall–Kier alpha value is -0.690. The lowest BCUT2D eigenvalue weighted by Crippen LogP contribution is -2.50. The van der Waals surface area contributed by atoms with E-state index in [0.29, 0.717) is 17.7 Å². The molecule has 1 aromatic carbocycles. The molecule has 27 heavy (non-hydrogen) atoms. The summed E-state index contributed by atoms with van der Waals surface area (Å²) in [7, 11) is 0. The van der Waals surface area contributed by atoms with Gasteiger partial charge in [0.2, 0.25) is 5.91 Å². The van der Waals surface area contributed by atoms with Gasteiger partial charge in [0.15, 0.2) is 0 Å². The Bertz CT molecular complexity index is 588. The number of hydrogen-bond donors (Lipinski definition) is 0. The number of carbonyl (C=O) groups is 1. The lowest BCUT2D eigenvalue weighted by atomic mass is 10.1. The van der Waals surface area contributed by atoms with Crippen LogP contribution in [0.2, 0.25) is 0 Å². The third-order valence-corrected chi connectivity index (χ3v) is 7.20. The molecule has 0 saturated carbocycles. The minimum absolute atomic E-state index is 0.278. The van der Waals surface area contributed by atoms with Crippen molar-refractivity contribution < 1.29 is 9.53 Å². The Morgan fingerprint density at radius 1 is 1.22 bits per heavy atom. The van der Waals surface area contributed by atoms with E-state index in [9.17, 15) is 4.79 Å². The van der Waals surface area contributed by atoms with Crippen LogP contribution in [0.25, 0.3) is 0 Å². The molecular weight excluding hydrogens is 376 g/mol. The number of nitrogens with zero attached hydrogens (tertiary/aromatic N) is 2. The number of ether oxygens (including phenoxy) is 1. The largest absolute Gasteiger partial charge is 0.379 e. The molecule has 4 nitrogen and oxygen atoms in total. The van der Waals surface area contributed by atoms with Crippen LogP contribution in [-0.4, -0.2) is 77.9 Å². The van der Waals surface area contributed by atoms with Gasteiger partial charge in [-0.25, -0.2) is 0 Å². The summed E-state index contributed by atoms with van der Waals surface area (Å²) in [6.45, 7) is 9.87. The highest BCUT2D eigenvalue weighted by Crippen LogP contribution is 2.24. The van der Waals surface area contributed by atoms with Crippen molar-refractivity contribution in [2.45, 2.75) is 42.9 Å². The summed E-state index contributed by atoms with van der Waals surface area (Å²) in [5.41, 5.74) is 1.12. The highest BCUT2D eigenvalue weighted by Gasteiger charge is 2.28. The van der Waals surface area contributed by atoms with Gasteiger partial charge >= 0.3 is 0 Å². The maximum atomic E-state index is 13.1. The minimum atomic E-state index is 0.278.